The molecule has 4 N–H and O–H groups in total. The fraction of sp³-hybridized carbons (Fsp3) is 0.231. The summed E-state index contributed by atoms with van der Waals surface area (Å²) in [5, 5.41) is 2.27. The number of fused-ring (bicyclic) bond motifs is 1. The zero-order valence-electron chi connectivity index (χ0n) is 9.72. The summed E-state index contributed by atoms with van der Waals surface area (Å²) in [4.78, 5) is 0. The predicted molar refractivity (Wildman–Crippen MR) is 73.7 cm³/mol. The monoisotopic (exact) mass is 252 g/mol. The van der Waals surface area contributed by atoms with Crippen molar-refractivity contribution in [2.24, 2.45) is 11.5 Å². The lowest BCUT2D eigenvalue weighted by atomic mass is 9.98. The Morgan fingerprint density at radius 3 is 2.53 bits per heavy atom. The summed E-state index contributed by atoms with van der Waals surface area (Å²) in [6.07, 6.45) is 0. The highest BCUT2D eigenvalue weighted by Crippen LogP contribution is 2.31. The first-order valence-electron chi connectivity index (χ1n) is 5.29. The molecule has 2 aromatic carbocycles. The van der Waals surface area contributed by atoms with Gasteiger partial charge in [0.25, 0.3) is 0 Å². The lowest BCUT2D eigenvalue weighted by Crippen LogP contribution is -2.21. The Bertz CT molecular complexity index is 502. The molecule has 0 amide bonds. The summed E-state index contributed by atoms with van der Waals surface area (Å²) in [7, 11) is 1.65. The molecule has 0 fully saturated rings. The van der Waals surface area contributed by atoms with Gasteiger partial charge in [-0.05, 0) is 16.8 Å². The fourth-order valence-corrected chi connectivity index (χ4v) is 1.95. The third-order valence-corrected chi connectivity index (χ3v) is 2.78. The van der Waals surface area contributed by atoms with E-state index in [9.17, 15) is 0 Å². The van der Waals surface area contributed by atoms with E-state index in [-0.39, 0.29) is 18.4 Å². The van der Waals surface area contributed by atoms with Crippen LogP contribution in [0.3, 0.4) is 0 Å². The van der Waals surface area contributed by atoms with Gasteiger partial charge in [-0.25, -0.2) is 0 Å². The van der Waals surface area contributed by atoms with Gasteiger partial charge >= 0.3 is 0 Å². The number of methoxy groups -OCH3 is 1. The fourth-order valence-electron chi connectivity index (χ4n) is 1.95. The molecule has 0 saturated heterocycles. The number of rotatable bonds is 3. The maximum atomic E-state index is 6.03. The highest BCUT2D eigenvalue weighted by atomic mass is 35.5. The lowest BCUT2D eigenvalue weighted by Gasteiger charge is -2.16. The molecule has 0 unspecified atom stereocenters. The van der Waals surface area contributed by atoms with E-state index in [1.54, 1.807) is 7.11 Å². The van der Waals surface area contributed by atoms with Gasteiger partial charge in [0.05, 0.1) is 7.11 Å². The Labute approximate surface area is 107 Å². The normalized spacial score (nSPS) is 11.9. The zero-order valence-corrected chi connectivity index (χ0v) is 10.5. The summed E-state index contributed by atoms with van der Waals surface area (Å²) < 4.78 is 5.34. The number of nitrogens with two attached hydrogens (primary N) is 2. The van der Waals surface area contributed by atoms with E-state index in [4.69, 9.17) is 16.2 Å². The molecule has 0 heterocycles. The van der Waals surface area contributed by atoms with Gasteiger partial charge in [0, 0.05) is 18.2 Å². The summed E-state index contributed by atoms with van der Waals surface area (Å²) in [5.74, 6) is 0.802. The zero-order chi connectivity index (χ0) is 11.5. The topological polar surface area (TPSA) is 61.3 Å². The van der Waals surface area contributed by atoms with Crippen molar-refractivity contribution in [3.05, 3.63) is 42.0 Å². The van der Waals surface area contributed by atoms with Gasteiger partial charge in [0.15, 0.2) is 0 Å². The van der Waals surface area contributed by atoms with Crippen LogP contribution in [0.2, 0.25) is 0 Å². The number of hydrogen-bond acceptors (Lipinski definition) is 3. The van der Waals surface area contributed by atoms with Gasteiger partial charge in [0.1, 0.15) is 5.75 Å². The van der Waals surface area contributed by atoms with Crippen molar-refractivity contribution >= 4 is 23.2 Å². The van der Waals surface area contributed by atoms with E-state index in [1.165, 1.54) is 0 Å². The molecule has 17 heavy (non-hydrogen) atoms. The van der Waals surface area contributed by atoms with Gasteiger partial charge in [-0.1, -0.05) is 30.3 Å². The van der Waals surface area contributed by atoms with Crippen molar-refractivity contribution in [3.8, 4) is 5.75 Å². The summed E-state index contributed by atoms with van der Waals surface area (Å²) >= 11 is 0. The molecule has 0 aromatic heterocycles. The Balaban J connectivity index is 0.00000144. The Morgan fingerprint density at radius 1 is 1.18 bits per heavy atom. The van der Waals surface area contributed by atoms with Crippen molar-refractivity contribution in [2.45, 2.75) is 6.04 Å². The predicted octanol–water partition coefficient (Wildman–Crippen LogP) is 2.23. The molecule has 2 aromatic rings. The van der Waals surface area contributed by atoms with Crippen LogP contribution in [0.25, 0.3) is 10.8 Å². The van der Waals surface area contributed by atoms with Gasteiger partial charge in [-0.15, -0.1) is 12.4 Å². The van der Waals surface area contributed by atoms with Crippen molar-refractivity contribution < 1.29 is 4.74 Å². The average Bonchev–Trinajstić information content (AvgIpc) is 2.36. The third-order valence-electron chi connectivity index (χ3n) is 2.78. The molecule has 0 aliphatic rings. The molecule has 0 spiro atoms. The molecule has 0 bridgehead atoms. The Kier molecular flexibility index (Phi) is 4.75. The average molecular weight is 253 g/mol. The lowest BCUT2D eigenvalue weighted by molar-refractivity contribution is 0.407. The second kappa shape index (κ2) is 5.87. The highest BCUT2D eigenvalue weighted by molar-refractivity contribution is 5.88. The molecule has 0 aliphatic carbocycles. The van der Waals surface area contributed by atoms with Crippen molar-refractivity contribution in [2.75, 3.05) is 13.7 Å². The van der Waals surface area contributed by atoms with Crippen molar-refractivity contribution in [3.63, 3.8) is 0 Å². The van der Waals surface area contributed by atoms with Crippen LogP contribution in [-0.2, 0) is 0 Å². The first-order valence-corrected chi connectivity index (χ1v) is 5.29. The molecular formula is C13H17ClN2O. The number of halogens is 1. The van der Waals surface area contributed by atoms with Crippen LogP contribution in [0, 0.1) is 0 Å². The number of ether oxygens (including phenoxy) is 1. The standard InChI is InChI=1S/C13H16N2O.ClH/c1-16-12-7-6-9-4-2-3-5-10(9)13(12)11(15)8-14;/h2-7,11H,8,14-15H2,1H3;1H/t11-;/m0./s1. The van der Waals surface area contributed by atoms with E-state index in [0.717, 1.165) is 22.1 Å². The number of benzene rings is 2. The molecule has 3 nitrogen and oxygen atoms in total. The first kappa shape index (κ1) is 13.8. The summed E-state index contributed by atoms with van der Waals surface area (Å²) in [6.45, 7) is 0.407. The van der Waals surface area contributed by atoms with E-state index < -0.39 is 0 Å². The van der Waals surface area contributed by atoms with Crippen LogP contribution in [0.1, 0.15) is 11.6 Å². The minimum Gasteiger partial charge on any atom is -0.496 e. The molecular weight excluding hydrogens is 236 g/mol. The van der Waals surface area contributed by atoms with Crippen LogP contribution in [0.5, 0.6) is 5.75 Å². The van der Waals surface area contributed by atoms with E-state index >= 15 is 0 Å². The summed E-state index contributed by atoms with van der Waals surface area (Å²) in [5.41, 5.74) is 12.7. The smallest absolute Gasteiger partial charge is 0.124 e. The van der Waals surface area contributed by atoms with Crippen LogP contribution >= 0.6 is 12.4 Å². The highest BCUT2D eigenvalue weighted by Gasteiger charge is 2.13. The minimum atomic E-state index is -0.193. The van der Waals surface area contributed by atoms with E-state index in [2.05, 4.69) is 6.07 Å². The minimum absolute atomic E-state index is 0. The maximum absolute atomic E-state index is 6.03. The van der Waals surface area contributed by atoms with Crippen LogP contribution in [0.15, 0.2) is 36.4 Å². The Morgan fingerprint density at radius 2 is 1.88 bits per heavy atom. The van der Waals surface area contributed by atoms with Gasteiger partial charge in [0.2, 0.25) is 0 Å². The van der Waals surface area contributed by atoms with Gasteiger partial charge in [-0.2, -0.15) is 0 Å². The van der Waals surface area contributed by atoms with Crippen LogP contribution in [0.4, 0.5) is 0 Å². The van der Waals surface area contributed by atoms with Crippen molar-refractivity contribution in [1.29, 1.82) is 0 Å². The van der Waals surface area contributed by atoms with Gasteiger partial charge in [-0.3, -0.25) is 0 Å². The first-order chi connectivity index (χ1) is 7.77. The largest absolute Gasteiger partial charge is 0.496 e. The third kappa shape index (κ3) is 2.52. The van der Waals surface area contributed by atoms with Crippen molar-refractivity contribution in [1.82, 2.24) is 0 Å². The van der Waals surface area contributed by atoms with Crippen LogP contribution in [-0.4, -0.2) is 13.7 Å². The second-order valence-electron chi connectivity index (χ2n) is 3.74. The molecule has 0 radical (unpaired) electrons. The quantitative estimate of drug-likeness (QED) is 0.881. The maximum Gasteiger partial charge on any atom is 0.124 e. The van der Waals surface area contributed by atoms with E-state index in [0.29, 0.717) is 6.54 Å². The second-order valence-corrected chi connectivity index (χ2v) is 3.74. The van der Waals surface area contributed by atoms with Crippen LogP contribution < -0.4 is 16.2 Å². The molecule has 0 aliphatic heterocycles. The molecule has 4 heteroatoms. The molecule has 0 saturated carbocycles. The van der Waals surface area contributed by atoms with Gasteiger partial charge < -0.3 is 16.2 Å². The molecule has 92 valence electrons. The summed E-state index contributed by atoms with van der Waals surface area (Å²) in [6, 6.07) is 11.9. The molecule has 2 rings (SSSR count). The van der Waals surface area contributed by atoms with E-state index in [1.807, 2.05) is 30.3 Å². The SMILES string of the molecule is COc1ccc2ccccc2c1[C@@H](N)CN.Cl. The molecule has 1 atom stereocenters. The Hall–Kier alpha value is -1.29. The number of hydrogen-bond donors (Lipinski definition) is 2.